The van der Waals surface area contributed by atoms with Crippen LogP contribution < -0.4 is 0 Å². The summed E-state index contributed by atoms with van der Waals surface area (Å²) >= 11 is 0. The van der Waals surface area contributed by atoms with Crippen molar-refractivity contribution in [3.05, 3.63) is 67.0 Å². The number of hydrogen-bond acceptors (Lipinski definition) is 2. The number of pyridine rings is 1. The summed E-state index contributed by atoms with van der Waals surface area (Å²) in [5.41, 5.74) is 2.78. The first-order chi connectivity index (χ1) is 12.7. The summed E-state index contributed by atoms with van der Waals surface area (Å²) < 4.78 is 1.83. The molecule has 2 aromatic heterocycles. The summed E-state index contributed by atoms with van der Waals surface area (Å²) in [6.07, 6.45) is 3.71. The van der Waals surface area contributed by atoms with Crippen LogP contribution in [0.4, 0.5) is 4.79 Å². The molecule has 0 N–H and O–H groups in total. The quantitative estimate of drug-likeness (QED) is 0.515. The van der Waals surface area contributed by atoms with Gasteiger partial charge in [0.25, 0.3) is 0 Å². The van der Waals surface area contributed by atoms with Crippen LogP contribution in [0.2, 0.25) is 0 Å². The molecule has 0 unspecified atom stereocenters. The lowest BCUT2D eigenvalue weighted by Gasteiger charge is -2.21. The van der Waals surface area contributed by atoms with E-state index in [0.29, 0.717) is 13.1 Å². The van der Waals surface area contributed by atoms with Crippen LogP contribution in [0.25, 0.3) is 32.9 Å². The third-order valence-corrected chi connectivity index (χ3v) is 4.88. The van der Waals surface area contributed by atoms with Crippen molar-refractivity contribution < 1.29 is 4.79 Å². The van der Waals surface area contributed by atoms with Gasteiger partial charge in [0, 0.05) is 41.8 Å². The van der Waals surface area contributed by atoms with E-state index in [0.717, 1.165) is 32.9 Å². The first-order valence-corrected chi connectivity index (χ1v) is 8.97. The minimum Gasteiger partial charge on any atom is -0.325 e. The van der Waals surface area contributed by atoms with Crippen LogP contribution in [0.15, 0.2) is 67.0 Å². The number of fused-ring (bicyclic) bond motifs is 2. The van der Waals surface area contributed by atoms with Gasteiger partial charge >= 0.3 is 6.03 Å². The molecule has 0 spiro atoms. The molecule has 0 fully saturated rings. The molecule has 130 valence electrons. The predicted molar refractivity (Wildman–Crippen MR) is 106 cm³/mol. The van der Waals surface area contributed by atoms with Crippen molar-refractivity contribution in [3.8, 4) is 11.3 Å². The van der Waals surface area contributed by atoms with Crippen molar-refractivity contribution in [2.45, 2.75) is 13.8 Å². The van der Waals surface area contributed by atoms with Gasteiger partial charge in [0.15, 0.2) is 0 Å². The van der Waals surface area contributed by atoms with Gasteiger partial charge in [-0.1, -0.05) is 42.5 Å². The van der Waals surface area contributed by atoms with Gasteiger partial charge in [-0.25, -0.2) is 4.79 Å². The Bertz CT molecular complexity index is 1090. The van der Waals surface area contributed by atoms with Crippen molar-refractivity contribution in [1.29, 1.82) is 0 Å². The highest BCUT2D eigenvalue weighted by Gasteiger charge is 2.21. The summed E-state index contributed by atoms with van der Waals surface area (Å²) in [7, 11) is 0. The molecule has 0 aliphatic rings. The molecule has 0 radical (unpaired) electrons. The summed E-state index contributed by atoms with van der Waals surface area (Å²) in [6, 6.07) is 18.2. The Morgan fingerprint density at radius 1 is 0.962 bits per heavy atom. The fraction of sp³-hybridized carbons (Fsp3) is 0.182. The smallest absolute Gasteiger partial charge is 0.325 e. The van der Waals surface area contributed by atoms with Crippen LogP contribution in [0.3, 0.4) is 0 Å². The molecule has 0 aliphatic carbocycles. The van der Waals surface area contributed by atoms with Crippen molar-refractivity contribution in [2.75, 3.05) is 13.1 Å². The number of aromatic nitrogens is 2. The van der Waals surface area contributed by atoms with E-state index in [-0.39, 0.29) is 6.03 Å². The Kier molecular flexibility index (Phi) is 4.17. The van der Waals surface area contributed by atoms with Crippen molar-refractivity contribution in [2.24, 2.45) is 0 Å². The van der Waals surface area contributed by atoms with Gasteiger partial charge in [0.2, 0.25) is 0 Å². The van der Waals surface area contributed by atoms with Crippen molar-refractivity contribution >= 4 is 27.7 Å². The first-order valence-electron chi connectivity index (χ1n) is 8.97. The Balaban J connectivity index is 2.03. The standard InChI is InChI=1S/C22H21N3O/c1-3-24(4-2)22(26)25-20-12-8-6-9-16(20)13-21(25)19-15-23-14-17-10-5-7-11-18(17)19/h5-15H,3-4H2,1-2H3. The zero-order valence-corrected chi connectivity index (χ0v) is 15.0. The molecule has 0 bridgehead atoms. The largest absolute Gasteiger partial charge is 0.329 e. The lowest BCUT2D eigenvalue weighted by molar-refractivity contribution is 0.206. The van der Waals surface area contributed by atoms with E-state index in [4.69, 9.17) is 0 Å². The van der Waals surface area contributed by atoms with Gasteiger partial charge in [0.05, 0.1) is 11.2 Å². The van der Waals surface area contributed by atoms with E-state index in [1.807, 2.05) is 78.2 Å². The van der Waals surface area contributed by atoms with E-state index in [1.165, 1.54) is 0 Å². The predicted octanol–water partition coefficient (Wildman–Crippen LogP) is 5.17. The SMILES string of the molecule is CCN(CC)C(=O)n1c(-c2cncc3ccccc23)cc2ccccc21. The molecule has 26 heavy (non-hydrogen) atoms. The van der Waals surface area contributed by atoms with E-state index in [9.17, 15) is 4.79 Å². The summed E-state index contributed by atoms with van der Waals surface area (Å²) in [6.45, 7) is 5.36. The van der Waals surface area contributed by atoms with Crippen LogP contribution in [-0.2, 0) is 0 Å². The highest BCUT2D eigenvalue weighted by molar-refractivity contribution is 6.03. The molecule has 4 heteroatoms. The van der Waals surface area contributed by atoms with Gasteiger partial charge < -0.3 is 4.90 Å². The second kappa shape index (κ2) is 6.64. The number of para-hydroxylation sites is 1. The number of nitrogens with zero attached hydrogens (tertiary/aromatic N) is 3. The second-order valence-electron chi connectivity index (χ2n) is 6.29. The average Bonchev–Trinajstić information content (AvgIpc) is 3.07. The molecule has 0 saturated carbocycles. The van der Waals surface area contributed by atoms with Crippen LogP contribution >= 0.6 is 0 Å². The summed E-state index contributed by atoms with van der Waals surface area (Å²) in [5, 5.41) is 3.21. The summed E-state index contributed by atoms with van der Waals surface area (Å²) in [5.74, 6) is 0. The van der Waals surface area contributed by atoms with E-state index in [1.54, 1.807) is 0 Å². The van der Waals surface area contributed by atoms with Crippen LogP contribution in [0, 0.1) is 0 Å². The number of amides is 1. The van der Waals surface area contributed by atoms with Crippen molar-refractivity contribution in [1.82, 2.24) is 14.5 Å². The van der Waals surface area contributed by atoms with Gasteiger partial charge in [-0.2, -0.15) is 0 Å². The molecule has 4 nitrogen and oxygen atoms in total. The fourth-order valence-electron chi connectivity index (χ4n) is 3.52. The van der Waals surface area contributed by atoms with E-state index < -0.39 is 0 Å². The molecule has 1 amide bonds. The molecule has 0 saturated heterocycles. The molecule has 2 aromatic carbocycles. The van der Waals surface area contributed by atoms with Crippen LogP contribution in [0.1, 0.15) is 13.8 Å². The molecule has 2 heterocycles. The van der Waals surface area contributed by atoms with E-state index in [2.05, 4.69) is 17.1 Å². The lowest BCUT2D eigenvalue weighted by atomic mass is 10.1. The first kappa shape index (κ1) is 16.3. The average molecular weight is 343 g/mol. The van der Waals surface area contributed by atoms with Crippen LogP contribution in [-0.4, -0.2) is 33.6 Å². The molecular formula is C22H21N3O. The molecule has 0 aliphatic heterocycles. The van der Waals surface area contributed by atoms with Gasteiger partial charge in [-0.15, -0.1) is 0 Å². The number of hydrogen-bond donors (Lipinski definition) is 0. The third kappa shape index (κ3) is 2.54. The van der Waals surface area contributed by atoms with E-state index >= 15 is 0 Å². The monoisotopic (exact) mass is 343 g/mol. The molecule has 4 rings (SSSR count). The minimum atomic E-state index is -0.000802. The van der Waals surface area contributed by atoms with Gasteiger partial charge in [-0.3, -0.25) is 9.55 Å². The Morgan fingerprint density at radius 2 is 1.65 bits per heavy atom. The van der Waals surface area contributed by atoms with Gasteiger partial charge in [-0.05, 0) is 31.4 Å². The minimum absolute atomic E-state index is 0.000802. The maximum Gasteiger partial charge on any atom is 0.329 e. The number of benzene rings is 2. The Hall–Kier alpha value is -3.14. The highest BCUT2D eigenvalue weighted by atomic mass is 16.2. The molecule has 4 aromatic rings. The Morgan fingerprint density at radius 3 is 2.42 bits per heavy atom. The second-order valence-corrected chi connectivity index (χ2v) is 6.29. The van der Waals surface area contributed by atoms with Crippen molar-refractivity contribution in [3.63, 3.8) is 0 Å². The Labute approximate surface area is 152 Å². The number of rotatable bonds is 3. The number of carbonyl (C=O) groups is 1. The molecule has 0 atom stereocenters. The van der Waals surface area contributed by atoms with Gasteiger partial charge in [0.1, 0.15) is 0 Å². The zero-order chi connectivity index (χ0) is 18.1. The topological polar surface area (TPSA) is 38.1 Å². The number of carbonyl (C=O) groups excluding carboxylic acids is 1. The summed E-state index contributed by atoms with van der Waals surface area (Å²) in [4.78, 5) is 19.5. The molecular weight excluding hydrogens is 322 g/mol. The normalized spacial score (nSPS) is 11.2. The maximum atomic E-state index is 13.3. The fourth-order valence-corrected chi connectivity index (χ4v) is 3.52. The lowest BCUT2D eigenvalue weighted by Crippen LogP contribution is -2.34. The third-order valence-electron chi connectivity index (χ3n) is 4.88. The highest BCUT2D eigenvalue weighted by Crippen LogP contribution is 2.33. The van der Waals surface area contributed by atoms with Crippen LogP contribution in [0.5, 0.6) is 0 Å². The maximum absolute atomic E-state index is 13.3. The zero-order valence-electron chi connectivity index (χ0n) is 15.0.